The van der Waals surface area contributed by atoms with Gasteiger partial charge in [0.15, 0.2) is 0 Å². The first-order valence-corrected chi connectivity index (χ1v) is 33.8. The molecule has 0 aliphatic heterocycles. The quantitative estimate of drug-likeness (QED) is 0.139. The van der Waals surface area contributed by atoms with Crippen LogP contribution in [0.25, 0.3) is 11.1 Å². The van der Waals surface area contributed by atoms with Gasteiger partial charge in [-0.25, -0.2) is 0 Å². The van der Waals surface area contributed by atoms with Crippen molar-refractivity contribution in [3.63, 3.8) is 0 Å². The molecule has 3 heteroatoms. The predicted octanol–water partition coefficient (Wildman–Crippen LogP) is 14.2. The molecule has 262 valence electrons. The second-order valence-electron chi connectivity index (χ2n) is 17.0. The fourth-order valence-corrected chi connectivity index (χ4v) is 36.0. The van der Waals surface area contributed by atoms with Crippen LogP contribution in [0.2, 0.25) is 3.67 Å². The van der Waals surface area contributed by atoms with Crippen LogP contribution < -0.4 is 0 Å². The summed E-state index contributed by atoms with van der Waals surface area (Å²) in [6.07, 6.45) is 15.8. The zero-order valence-electron chi connectivity index (χ0n) is 31.5. The molecular weight excluding hydrogens is 814 g/mol. The van der Waals surface area contributed by atoms with E-state index in [9.17, 15) is 0 Å². The number of hydrogen-bond donors (Lipinski definition) is 0. The van der Waals surface area contributed by atoms with Crippen LogP contribution in [-0.2, 0) is 39.3 Å². The van der Waals surface area contributed by atoms with Gasteiger partial charge >= 0.3 is 313 Å². The van der Waals surface area contributed by atoms with E-state index < -0.39 is 15.7 Å². The molecule has 0 spiro atoms. The van der Waals surface area contributed by atoms with Crippen molar-refractivity contribution < 1.29 is 15.7 Å². The zero-order chi connectivity index (χ0) is 35.9. The van der Waals surface area contributed by atoms with Gasteiger partial charge in [0, 0.05) is 0 Å². The number of halogens is 2. The SMILES string of the molecule is CCCCc1ccc([C](c2ccc(CCCC)cc2)=[Hf]([Cl])([Cl])([CH]2C=CC=C2)[CH]2c3ccc(C(C)(C)C)cc3-c3cc(C(C)(C)C)ccc32)cc1. The van der Waals surface area contributed by atoms with Crippen LogP contribution in [0.1, 0.15) is 129 Å². The van der Waals surface area contributed by atoms with Crippen LogP contribution >= 0.6 is 17.2 Å². The Morgan fingerprint density at radius 2 is 0.980 bits per heavy atom. The Hall–Kier alpha value is -2.32. The summed E-state index contributed by atoms with van der Waals surface area (Å²) in [5, 5.41) is 0. The molecule has 0 N–H and O–H groups in total. The summed E-state index contributed by atoms with van der Waals surface area (Å²) in [6.45, 7) is 18.3. The molecule has 0 heterocycles. The number of unbranched alkanes of at least 4 members (excludes halogenated alkanes) is 2. The number of fused-ring (bicyclic) bond motifs is 3. The number of rotatable bonds is 10. The Labute approximate surface area is 310 Å². The first-order valence-electron chi connectivity index (χ1n) is 18.9. The predicted molar refractivity (Wildman–Crippen MR) is 218 cm³/mol. The first-order chi connectivity index (χ1) is 23.7. The fourth-order valence-electron chi connectivity index (χ4n) is 8.20. The van der Waals surface area contributed by atoms with Gasteiger partial charge in [0.25, 0.3) is 0 Å². The molecular formula is C47H56Cl2Hf. The third kappa shape index (κ3) is 6.93. The molecule has 4 aromatic rings. The van der Waals surface area contributed by atoms with E-state index in [2.05, 4.69) is 165 Å². The van der Waals surface area contributed by atoms with E-state index in [0.717, 1.165) is 24.0 Å². The van der Waals surface area contributed by atoms with Crippen LogP contribution in [-0.4, -0.2) is 3.26 Å². The van der Waals surface area contributed by atoms with Gasteiger partial charge in [-0.1, -0.05) is 0 Å². The molecule has 0 fully saturated rings. The summed E-state index contributed by atoms with van der Waals surface area (Å²) < 4.78 is 1.01. The summed E-state index contributed by atoms with van der Waals surface area (Å²) >= 11 is -5.56. The number of hydrogen-bond acceptors (Lipinski definition) is 0. The topological polar surface area (TPSA) is 0 Å². The van der Waals surface area contributed by atoms with E-state index in [1.807, 2.05) is 0 Å². The van der Waals surface area contributed by atoms with Crippen molar-refractivity contribution in [2.75, 3.05) is 0 Å². The van der Waals surface area contributed by atoms with Crippen LogP contribution in [0.15, 0.2) is 109 Å². The van der Waals surface area contributed by atoms with E-state index in [0.29, 0.717) is 0 Å². The Bertz CT molecular complexity index is 1860. The molecule has 0 unspecified atom stereocenters. The van der Waals surface area contributed by atoms with Gasteiger partial charge in [-0.3, -0.25) is 0 Å². The molecule has 0 aromatic heterocycles. The summed E-state index contributed by atoms with van der Waals surface area (Å²) in [5.41, 5.74) is 12.9. The summed E-state index contributed by atoms with van der Waals surface area (Å²) in [5.74, 6) is 0. The van der Waals surface area contributed by atoms with Gasteiger partial charge in [-0.05, 0) is 0 Å². The Morgan fingerprint density at radius 3 is 1.34 bits per heavy atom. The van der Waals surface area contributed by atoms with Crippen molar-refractivity contribution in [3.8, 4) is 11.1 Å². The van der Waals surface area contributed by atoms with Crippen LogP contribution in [0.4, 0.5) is 0 Å². The zero-order valence-corrected chi connectivity index (χ0v) is 36.7. The van der Waals surface area contributed by atoms with Crippen LogP contribution in [0.3, 0.4) is 0 Å². The van der Waals surface area contributed by atoms with E-state index in [1.165, 1.54) is 73.4 Å². The molecule has 50 heavy (non-hydrogen) atoms. The molecule has 0 radical (unpaired) electrons. The molecule has 0 nitrogen and oxygen atoms in total. The van der Waals surface area contributed by atoms with Gasteiger partial charge in [-0.15, -0.1) is 0 Å². The van der Waals surface area contributed by atoms with Crippen molar-refractivity contribution in [1.29, 1.82) is 0 Å². The van der Waals surface area contributed by atoms with Crippen molar-refractivity contribution >= 4 is 20.4 Å². The van der Waals surface area contributed by atoms with Crippen molar-refractivity contribution in [2.45, 2.75) is 112 Å². The number of benzene rings is 4. The summed E-state index contributed by atoms with van der Waals surface area (Å²) in [4.78, 5) is 0. The van der Waals surface area contributed by atoms with E-state index in [-0.39, 0.29) is 18.2 Å². The average Bonchev–Trinajstić information content (AvgIpc) is 3.75. The van der Waals surface area contributed by atoms with Crippen molar-refractivity contribution in [2.24, 2.45) is 0 Å². The first kappa shape index (κ1) is 37.4. The molecule has 0 amide bonds. The Kier molecular flexibility index (Phi) is 10.7. The minimum atomic E-state index is -5.56. The molecule has 2 aliphatic rings. The Balaban J connectivity index is 1.73. The van der Waals surface area contributed by atoms with Gasteiger partial charge in [-0.2, -0.15) is 0 Å². The molecule has 0 saturated carbocycles. The number of aryl methyl sites for hydroxylation is 2. The molecule has 6 rings (SSSR count). The maximum absolute atomic E-state index is 8.85. The molecule has 0 saturated heterocycles. The maximum atomic E-state index is 8.85. The van der Waals surface area contributed by atoms with Gasteiger partial charge < -0.3 is 0 Å². The second kappa shape index (κ2) is 14.2. The number of allylic oxidation sites excluding steroid dienone is 4. The third-order valence-electron chi connectivity index (χ3n) is 11.2. The fraction of sp³-hybridized carbons (Fsp3) is 0.383. The van der Waals surface area contributed by atoms with Crippen LogP contribution in [0, 0.1) is 0 Å². The van der Waals surface area contributed by atoms with Crippen molar-refractivity contribution in [3.05, 3.63) is 154 Å². The monoisotopic (exact) mass is 870 g/mol. The standard InChI is InChI=1S/C21H25.C21H26.C5H5.2ClH.Hf/c1-20(2,3)16-9-7-14-11-15-8-10-17(21(4,5)6)13-19(15)18(14)12-16;1-3-5-7-18-9-13-20(14-10-18)17-21-15-11-19(12-16-21)8-6-4-2;1-2-4-5-3-1;;;/h7-13H,1-6H3;9-16H,3-8H2,1-2H3;1-5H;2*1H;/q;;;;;+2/p-2. The summed E-state index contributed by atoms with van der Waals surface area (Å²) in [7, 11) is 17.7. The molecule has 0 bridgehead atoms. The third-order valence-corrected chi connectivity index (χ3v) is 39.3. The second-order valence-corrected chi connectivity index (χ2v) is 46.4. The minimum absolute atomic E-state index is 0.0168. The molecule has 2 aliphatic carbocycles. The van der Waals surface area contributed by atoms with E-state index in [1.54, 1.807) is 0 Å². The van der Waals surface area contributed by atoms with E-state index in [4.69, 9.17) is 17.2 Å². The van der Waals surface area contributed by atoms with Gasteiger partial charge in [0.05, 0.1) is 0 Å². The van der Waals surface area contributed by atoms with Gasteiger partial charge in [0.1, 0.15) is 0 Å². The van der Waals surface area contributed by atoms with Crippen molar-refractivity contribution in [1.82, 2.24) is 0 Å². The Morgan fingerprint density at radius 1 is 0.580 bits per heavy atom. The average molecular weight is 870 g/mol. The van der Waals surface area contributed by atoms with E-state index >= 15 is 0 Å². The summed E-state index contributed by atoms with van der Waals surface area (Å²) in [6, 6.07) is 32.8. The molecule has 0 atom stereocenters. The molecule has 4 aromatic carbocycles. The van der Waals surface area contributed by atoms with Gasteiger partial charge in [0.2, 0.25) is 0 Å². The van der Waals surface area contributed by atoms with Crippen LogP contribution in [0.5, 0.6) is 0 Å². The normalized spacial score (nSPS) is 15.1.